The van der Waals surface area contributed by atoms with Crippen LogP contribution in [0.2, 0.25) is 0 Å². The van der Waals surface area contributed by atoms with Crippen LogP contribution >= 0.6 is 11.3 Å². The molecule has 8 heteroatoms. The van der Waals surface area contributed by atoms with E-state index >= 15 is 0 Å². The molecule has 5 aliphatic rings. The number of aromatic nitrogens is 1. The largest absolute Gasteiger partial charge is 0.462 e. The molecule has 3 aromatic rings. The average molecular weight is 597 g/mol. The van der Waals surface area contributed by atoms with E-state index in [-0.39, 0.29) is 41.5 Å². The highest BCUT2D eigenvalue weighted by molar-refractivity contribution is 7.20. The first-order valence-electron chi connectivity index (χ1n) is 15.6. The van der Waals surface area contributed by atoms with Crippen LogP contribution in [-0.2, 0) is 4.79 Å². The lowest BCUT2D eigenvalue weighted by molar-refractivity contribution is -0.437. The highest BCUT2D eigenvalue weighted by Crippen LogP contribution is 2.68. The number of para-hydroxylation sites is 2. The van der Waals surface area contributed by atoms with Gasteiger partial charge in [-0.25, -0.2) is 4.98 Å². The van der Waals surface area contributed by atoms with E-state index in [1.165, 1.54) is 16.9 Å². The van der Waals surface area contributed by atoms with E-state index in [9.17, 15) is 15.0 Å². The molecule has 0 spiro atoms. The minimum absolute atomic E-state index is 0.0859. The fourth-order valence-electron chi connectivity index (χ4n) is 9.73. The quantitative estimate of drug-likeness (QED) is 0.357. The van der Waals surface area contributed by atoms with Crippen LogP contribution in [-0.4, -0.2) is 55.9 Å². The van der Waals surface area contributed by atoms with Crippen LogP contribution in [0.15, 0.2) is 71.3 Å². The van der Waals surface area contributed by atoms with Gasteiger partial charge in [-0.3, -0.25) is 4.79 Å². The lowest BCUT2D eigenvalue weighted by Gasteiger charge is -2.60. The van der Waals surface area contributed by atoms with Gasteiger partial charge in [0, 0.05) is 22.6 Å². The molecule has 0 bridgehead atoms. The van der Waals surface area contributed by atoms with Crippen LogP contribution in [0, 0.1) is 34.5 Å². The molecule has 4 aliphatic carbocycles. The number of hydrogen-bond acceptors (Lipinski definition) is 7. The standard InChI is InChI=1S/C35H38N3O4S/c1-33-17-21-19-38(23-8-4-3-5-9-23)37-27(21)16-22(33)12-13-24-25-14-15-35(41,34(25,2)18-28(39)31(24)33)30(40)20-42-32-36-26-10-6-7-11-29(26)43-32/h3-11,16,19,21,24-25,28,31,39,41H,12-15,17-18,20H2,1-2H3/q+1/t21?,24?,25?,28-,31?,33?,34?,35-/m0/s1. The van der Waals surface area contributed by atoms with Gasteiger partial charge < -0.3 is 14.9 Å². The molecule has 2 aromatic carbocycles. The summed E-state index contributed by atoms with van der Waals surface area (Å²) < 4.78 is 8.87. The number of hydrogen-bond donors (Lipinski definition) is 2. The van der Waals surface area contributed by atoms with Gasteiger partial charge in [-0.2, -0.15) is 0 Å². The van der Waals surface area contributed by atoms with E-state index in [1.54, 1.807) is 0 Å². The van der Waals surface area contributed by atoms with Gasteiger partial charge >= 0.3 is 0 Å². The second kappa shape index (κ2) is 9.65. The molecule has 0 amide bonds. The Morgan fingerprint density at radius 1 is 1.09 bits per heavy atom. The number of allylic oxidation sites excluding steroid dienone is 2. The summed E-state index contributed by atoms with van der Waals surface area (Å²) in [5.41, 5.74) is 2.01. The summed E-state index contributed by atoms with van der Waals surface area (Å²) in [5, 5.41) is 29.4. The van der Waals surface area contributed by atoms with Crippen molar-refractivity contribution in [2.24, 2.45) is 39.6 Å². The maximum absolute atomic E-state index is 13.7. The number of benzene rings is 2. The number of ether oxygens (including phenoxy) is 1. The van der Waals surface area contributed by atoms with Crippen LogP contribution in [0.4, 0.5) is 5.69 Å². The van der Waals surface area contributed by atoms with Gasteiger partial charge in [0.15, 0.2) is 12.8 Å². The van der Waals surface area contributed by atoms with Gasteiger partial charge in [-0.15, -0.1) is 0 Å². The van der Waals surface area contributed by atoms with Crippen molar-refractivity contribution in [3.63, 3.8) is 0 Å². The van der Waals surface area contributed by atoms with Crippen LogP contribution in [0.25, 0.3) is 10.2 Å². The van der Waals surface area contributed by atoms with Crippen LogP contribution in [0.3, 0.4) is 0 Å². The maximum Gasteiger partial charge on any atom is 0.274 e. The summed E-state index contributed by atoms with van der Waals surface area (Å²) in [6.07, 6.45) is 8.37. The molecule has 7 nitrogen and oxygen atoms in total. The zero-order valence-corrected chi connectivity index (χ0v) is 25.5. The van der Waals surface area contributed by atoms with Crippen molar-refractivity contribution in [3.8, 4) is 5.19 Å². The molecular formula is C35H38N3O4S+. The fourth-order valence-corrected chi connectivity index (χ4v) is 10.5. The number of Topliss-reactive ketones (excluding diaryl/α,β-unsaturated/α-hetero) is 1. The number of thiazole rings is 1. The molecule has 2 N–H and O–H groups in total. The van der Waals surface area contributed by atoms with Crippen molar-refractivity contribution in [2.75, 3.05) is 6.61 Å². The SMILES string of the molecule is CC12CC3C=[N+](c4ccccc4)N=C3C=C1CCC1C2[C@@H](O)CC2(C)C1CC[C@]2(O)C(=O)COc1nc2ccccc2s1. The lowest BCUT2D eigenvalue weighted by atomic mass is 9.45. The van der Waals surface area contributed by atoms with Crippen LogP contribution < -0.4 is 4.74 Å². The van der Waals surface area contributed by atoms with Crippen molar-refractivity contribution in [1.82, 2.24) is 4.98 Å². The molecule has 8 atom stereocenters. The average Bonchev–Trinajstić information content (AvgIpc) is 3.68. The van der Waals surface area contributed by atoms with E-state index in [0.29, 0.717) is 18.0 Å². The third-order valence-corrected chi connectivity index (χ3v) is 12.7. The molecule has 222 valence electrons. The molecule has 3 fully saturated rings. The summed E-state index contributed by atoms with van der Waals surface area (Å²) in [6.45, 7) is 4.17. The first kappa shape index (κ1) is 27.4. The first-order chi connectivity index (χ1) is 20.7. The van der Waals surface area contributed by atoms with Crippen molar-refractivity contribution in [3.05, 3.63) is 66.2 Å². The molecule has 1 aromatic heterocycles. The Bertz CT molecular complexity index is 1680. The summed E-state index contributed by atoms with van der Waals surface area (Å²) >= 11 is 1.41. The van der Waals surface area contributed by atoms with Crippen LogP contribution in [0.1, 0.15) is 52.4 Å². The van der Waals surface area contributed by atoms with Crippen molar-refractivity contribution >= 4 is 45.0 Å². The van der Waals surface area contributed by atoms with Gasteiger partial charge in [-0.1, -0.05) is 65.8 Å². The number of nitrogens with zero attached hydrogens (tertiary/aromatic N) is 3. The zero-order chi connectivity index (χ0) is 29.6. The highest BCUT2D eigenvalue weighted by Gasteiger charge is 2.68. The van der Waals surface area contributed by atoms with Gasteiger partial charge in [0.2, 0.25) is 11.5 Å². The number of carbonyl (C=O) groups is 1. The Morgan fingerprint density at radius 3 is 2.70 bits per heavy atom. The van der Waals surface area contributed by atoms with E-state index < -0.39 is 17.1 Å². The summed E-state index contributed by atoms with van der Waals surface area (Å²) in [6, 6.07) is 18.0. The predicted molar refractivity (Wildman–Crippen MR) is 167 cm³/mol. The van der Waals surface area contributed by atoms with Gasteiger partial charge in [0.05, 0.1) is 22.2 Å². The molecular weight excluding hydrogens is 558 g/mol. The van der Waals surface area contributed by atoms with Crippen molar-refractivity contribution in [1.29, 1.82) is 0 Å². The summed E-state index contributed by atoms with van der Waals surface area (Å²) in [4.78, 5) is 18.2. The topological polar surface area (TPSA) is 95.0 Å². The minimum Gasteiger partial charge on any atom is -0.462 e. The van der Waals surface area contributed by atoms with Crippen molar-refractivity contribution in [2.45, 2.75) is 64.1 Å². The number of aliphatic hydroxyl groups is 2. The third-order valence-electron chi connectivity index (χ3n) is 11.8. The Hall–Kier alpha value is -3.20. The predicted octanol–water partition coefficient (Wildman–Crippen LogP) is 5.92. The Kier molecular flexibility index (Phi) is 6.14. The molecule has 0 radical (unpaired) electrons. The monoisotopic (exact) mass is 596 g/mol. The van der Waals surface area contributed by atoms with Gasteiger partial charge in [0.1, 0.15) is 11.3 Å². The number of fused-ring (bicyclic) bond motifs is 7. The molecule has 8 rings (SSSR count). The third kappa shape index (κ3) is 3.99. The maximum atomic E-state index is 13.7. The van der Waals surface area contributed by atoms with Gasteiger partial charge in [0.25, 0.3) is 5.19 Å². The smallest absolute Gasteiger partial charge is 0.274 e. The molecule has 6 unspecified atom stereocenters. The van der Waals surface area contributed by atoms with E-state index in [2.05, 4.69) is 36.3 Å². The zero-order valence-electron chi connectivity index (χ0n) is 24.6. The fraction of sp³-hybridized carbons (Fsp3) is 0.486. The summed E-state index contributed by atoms with van der Waals surface area (Å²) in [5.74, 6) is 0.398. The van der Waals surface area contributed by atoms with E-state index in [0.717, 1.165) is 47.3 Å². The second-order valence-corrected chi connectivity index (χ2v) is 14.8. The Balaban J connectivity index is 1.04. The minimum atomic E-state index is -1.53. The molecule has 2 heterocycles. The number of ketones is 1. The molecule has 3 saturated carbocycles. The Morgan fingerprint density at radius 2 is 1.88 bits per heavy atom. The molecule has 1 aliphatic heterocycles. The van der Waals surface area contributed by atoms with Crippen molar-refractivity contribution < 1.29 is 24.4 Å². The van der Waals surface area contributed by atoms with E-state index in [1.807, 2.05) is 54.1 Å². The van der Waals surface area contributed by atoms with E-state index in [4.69, 9.17) is 9.84 Å². The normalized spacial score (nSPS) is 37.9. The lowest BCUT2D eigenvalue weighted by Crippen LogP contribution is -2.62. The number of rotatable bonds is 5. The van der Waals surface area contributed by atoms with Gasteiger partial charge in [-0.05, 0) is 79.9 Å². The Labute approximate surface area is 255 Å². The highest BCUT2D eigenvalue weighted by atomic mass is 32.1. The molecule has 43 heavy (non-hydrogen) atoms. The van der Waals surface area contributed by atoms with Crippen LogP contribution in [0.5, 0.6) is 5.19 Å². The second-order valence-electron chi connectivity index (χ2n) is 13.8. The molecule has 0 saturated heterocycles. The first-order valence-corrected chi connectivity index (χ1v) is 16.4. The number of aliphatic hydroxyl groups excluding tert-OH is 1. The number of hydrazone groups is 1. The number of carbonyl (C=O) groups excluding carboxylic acids is 1. The summed E-state index contributed by atoms with van der Waals surface area (Å²) in [7, 11) is 0.